The molecule has 1 aromatic carbocycles. The van der Waals surface area contributed by atoms with Crippen LogP contribution in [0.1, 0.15) is 32.4 Å². The molecule has 0 fully saturated rings. The Morgan fingerprint density at radius 1 is 1.40 bits per heavy atom. The van der Waals surface area contributed by atoms with Crippen molar-refractivity contribution in [3.05, 3.63) is 35.6 Å². The molecule has 0 saturated carbocycles. The van der Waals surface area contributed by atoms with Crippen LogP contribution in [-0.2, 0) is 0 Å². The summed E-state index contributed by atoms with van der Waals surface area (Å²) < 4.78 is 13.4. The molecule has 0 aliphatic rings. The summed E-state index contributed by atoms with van der Waals surface area (Å²) in [6.45, 7) is 6.47. The molecule has 0 aliphatic heterocycles. The van der Waals surface area contributed by atoms with Gasteiger partial charge in [0.15, 0.2) is 0 Å². The van der Waals surface area contributed by atoms with Crippen LogP contribution in [0.2, 0.25) is 0 Å². The second kappa shape index (κ2) is 4.73. The minimum atomic E-state index is -0.278. The average molecular weight is 210 g/mol. The summed E-state index contributed by atoms with van der Waals surface area (Å²) in [5.41, 5.74) is 6.25. The number of hydrogen-bond acceptors (Lipinski definition) is 2. The van der Waals surface area contributed by atoms with E-state index in [-0.39, 0.29) is 17.4 Å². The molecule has 1 atom stereocenters. The largest absolute Gasteiger partial charge is 0.324 e. The van der Waals surface area contributed by atoms with Crippen LogP contribution in [0, 0.1) is 5.82 Å². The molecule has 0 spiro atoms. The van der Waals surface area contributed by atoms with Gasteiger partial charge in [-0.1, -0.05) is 18.2 Å². The van der Waals surface area contributed by atoms with Crippen LogP contribution < -0.4 is 11.1 Å². The van der Waals surface area contributed by atoms with Gasteiger partial charge in [0.1, 0.15) is 5.82 Å². The normalized spacial score (nSPS) is 13.9. The molecule has 0 radical (unpaired) electrons. The second-order valence-corrected chi connectivity index (χ2v) is 4.61. The van der Waals surface area contributed by atoms with Crippen LogP contribution in [0.25, 0.3) is 0 Å². The Bertz CT molecular complexity index is 318. The van der Waals surface area contributed by atoms with Crippen molar-refractivity contribution in [1.82, 2.24) is 5.32 Å². The smallest absolute Gasteiger partial charge is 0.127 e. The fraction of sp³-hybridized carbons (Fsp3) is 0.500. The quantitative estimate of drug-likeness (QED) is 0.799. The molecule has 0 amide bonds. The van der Waals surface area contributed by atoms with Gasteiger partial charge < -0.3 is 11.1 Å². The van der Waals surface area contributed by atoms with E-state index in [9.17, 15) is 4.39 Å². The van der Waals surface area contributed by atoms with Gasteiger partial charge in [-0.05, 0) is 26.8 Å². The van der Waals surface area contributed by atoms with E-state index in [1.807, 2.05) is 26.8 Å². The summed E-state index contributed by atoms with van der Waals surface area (Å²) in [6, 6.07) is 6.77. The number of halogens is 1. The van der Waals surface area contributed by atoms with Crippen molar-refractivity contribution in [2.24, 2.45) is 5.73 Å². The Kier molecular flexibility index (Phi) is 3.83. The molecular formula is C12H19FN2. The van der Waals surface area contributed by atoms with Gasteiger partial charge >= 0.3 is 0 Å². The Morgan fingerprint density at radius 3 is 2.53 bits per heavy atom. The van der Waals surface area contributed by atoms with Gasteiger partial charge in [0.25, 0.3) is 0 Å². The number of hydrogen-bond donors (Lipinski definition) is 2. The zero-order valence-corrected chi connectivity index (χ0v) is 9.55. The van der Waals surface area contributed by atoms with E-state index in [4.69, 9.17) is 5.73 Å². The zero-order valence-electron chi connectivity index (χ0n) is 9.55. The molecule has 3 N–H and O–H groups in total. The first kappa shape index (κ1) is 12.1. The highest BCUT2D eigenvalue weighted by molar-refractivity contribution is 5.20. The highest BCUT2D eigenvalue weighted by atomic mass is 19.1. The molecular weight excluding hydrogens is 191 g/mol. The maximum Gasteiger partial charge on any atom is 0.127 e. The highest BCUT2D eigenvalue weighted by Gasteiger charge is 2.14. The van der Waals surface area contributed by atoms with E-state index < -0.39 is 0 Å². The first-order valence-electron chi connectivity index (χ1n) is 5.17. The summed E-state index contributed by atoms with van der Waals surface area (Å²) in [4.78, 5) is 0. The van der Waals surface area contributed by atoms with E-state index in [0.29, 0.717) is 12.1 Å². The molecule has 84 valence electrons. The lowest BCUT2D eigenvalue weighted by atomic mass is 10.0. The van der Waals surface area contributed by atoms with Crippen molar-refractivity contribution in [3.63, 3.8) is 0 Å². The lowest BCUT2D eigenvalue weighted by molar-refractivity contribution is 0.427. The highest BCUT2D eigenvalue weighted by Crippen LogP contribution is 2.16. The van der Waals surface area contributed by atoms with Crippen molar-refractivity contribution in [1.29, 1.82) is 0 Å². The van der Waals surface area contributed by atoms with Gasteiger partial charge in [0.05, 0.1) is 0 Å². The van der Waals surface area contributed by atoms with Crippen LogP contribution >= 0.6 is 0 Å². The third-order valence-electron chi connectivity index (χ3n) is 2.24. The minimum absolute atomic E-state index is 0.0194. The second-order valence-electron chi connectivity index (χ2n) is 4.61. The average Bonchev–Trinajstić information content (AvgIpc) is 2.14. The summed E-state index contributed by atoms with van der Waals surface area (Å²) in [7, 11) is 0. The van der Waals surface area contributed by atoms with E-state index in [1.54, 1.807) is 12.1 Å². The Labute approximate surface area is 90.7 Å². The predicted molar refractivity (Wildman–Crippen MR) is 61.1 cm³/mol. The lowest BCUT2D eigenvalue weighted by Crippen LogP contribution is -2.43. The summed E-state index contributed by atoms with van der Waals surface area (Å²) in [5, 5.41) is 3.21. The molecule has 0 aliphatic carbocycles. The molecule has 2 nitrogen and oxygen atoms in total. The van der Waals surface area contributed by atoms with Gasteiger partial charge in [-0.2, -0.15) is 0 Å². The third-order valence-corrected chi connectivity index (χ3v) is 2.24. The number of rotatable bonds is 4. The molecule has 3 heteroatoms. The van der Waals surface area contributed by atoms with Gasteiger partial charge in [-0.25, -0.2) is 4.39 Å². The third kappa shape index (κ3) is 3.98. The Morgan fingerprint density at radius 2 is 2.00 bits per heavy atom. The fourth-order valence-corrected chi connectivity index (χ4v) is 1.35. The summed E-state index contributed by atoms with van der Waals surface area (Å²) in [5.74, 6) is -0.174. The van der Waals surface area contributed by atoms with Crippen LogP contribution in [0.5, 0.6) is 0 Å². The van der Waals surface area contributed by atoms with E-state index in [0.717, 1.165) is 0 Å². The van der Waals surface area contributed by atoms with Crippen molar-refractivity contribution >= 4 is 0 Å². The van der Waals surface area contributed by atoms with Crippen molar-refractivity contribution in [3.8, 4) is 0 Å². The summed E-state index contributed by atoms with van der Waals surface area (Å²) >= 11 is 0. The number of benzene rings is 1. The molecule has 1 aromatic rings. The van der Waals surface area contributed by atoms with Gasteiger partial charge in [0, 0.05) is 23.7 Å². The van der Waals surface area contributed by atoms with E-state index in [1.165, 1.54) is 6.07 Å². The molecule has 0 aromatic heterocycles. The number of nitrogens with two attached hydrogens (primary N) is 1. The molecule has 0 saturated heterocycles. The monoisotopic (exact) mass is 210 g/mol. The van der Waals surface area contributed by atoms with Gasteiger partial charge in [-0.3, -0.25) is 0 Å². The topological polar surface area (TPSA) is 38.0 Å². The van der Waals surface area contributed by atoms with Crippen LogP contribution in [0.15, 0.2) is 24.3 Å². The lowest BCUT2D eigenvalue weighted by Gasteiger charge is -2.23. The van der Waals surface area contributed by atoms with Gasteiger partial charge in [0.2, 0.25) is 0 Å². The first-order chi connectivity index (χ1) is 6.90. The minimum Gasteiger partial charge on any atom is -0.324 e. The zero-order chi connectivity index (χ0) is 11.5. The van der Waals surface area contributed by atoms with Crippen LogP contribution in [-0.4, -0.2) is 12.1 Å². The Hall–Kier alpha value is -0.930. The maximum absolute atomic E-state index is 13.4. The summed E-state index contributed by atoms with van der Waals surface area (Å²) in [6.07, 6.45) is 0. The first-order valence-corrected chi connectivity index (χ1v) is 5.17. The van der Waals surface area contributed by atoms with Gasteiger partial charge in [-0.15, -0.1) is 0 Å². The maximum atomic E-state index is 13.4. The van der Waals surface area contributed by atoms with E-state index >= 15 is 0 Å². The molecule has 0 bridgehead atoms. The number of nitrogens with one attached hydrogen (secondary N) is 1. The molecule has 0 heterocycles. The van der Waals surface area contributed by atoms with Crippen molar-refractivity contribution in [2.75, 3.05) is 6.54 Å². The standard InChI is InChI=1S/C12H19FN2/c1-9(15-8-12(2,3)14)10-6-4-5-7-11(10)13/h4-7,9,15H,8,14H2,1-3H3. The van der Waals surface area contributed by atoms with Crippen molar-refractivity contribution < 1.29 is 4.39 Å². The fourth-order valence-electron chi connectivity index (χ4n) is 1.35. The van der Waals surface area contributed by atoms with Crippen molar-refractivity contribution in [2.45, 2.75) is 32.4 Å². The molecule has 1 unspecified atom stereocenters. The van der Waals surface area contributed by atoms with E-state index in [2.05, 4.69) is 5.32 Å². The van der Waals surface area contributed by atoms with Crippen LogP contribution in [0.3, 0.4) is 0 Å². The molecule has 15 heavy (non-hydrogen) atoms. The Balaban J connectivity index is 2.62. The molecule has 1 rings (SSSR count). The SMILES string of the molecule is CC(NCC(C)(C)N)c1ccccc1F. The van der Waals surface area contributed by atoms with Crippen LogP contribution in [0.4, 0.5) is 4.39 Å². The predicted octanol–water partition coefficient (Wildman–Crippen LogP) is 2.21.